The van der Waals surface area contributed by atoms with Gasteiger partial charge in [0.05, 0.1) is 19.7 Å². The van der Waals surface area contributed by atoms with Crippen molar-refractivity contribution in [2.45, 2.75) is 34.1 Å². The fraction of sp³-hybridized carbons (Fsp3) is 0.600. The maximum Gasteiger partial charge on any atom is 0.221 e. The monoisotopic (exact) mass is 378 g/mol. The van der Waals surface area contributed by atoms with Gasteiger partial charge < -0.3 is 25.4 Å². The van der Waals surface area contributed by atoms with Crippen molar-refractivity contribution in [2.75, 3.05) is 44.8 Å². The predicted molar refractivity (Wildman–Crippen MR) is 110 cm³/mol. The lowest BCUT2D eigenvalue weighted by Crippen LogP contribution is -2.39. The van der Waals surface area contributed by atoms with Gasteiger partial charge in [0.2, 0.25) is 5.91 Å². The van der Waals surface area contributed by atoms with Crippen molar-refractivity contribution in [3.05, 3.63) is 24.3 Å². The molecule has 7 heteroatoms. The number of hydrogen-bond acceptors (Lipinski definition) is 4. The van der Waals surface area contributed by atoms with Gasteiger partial charge in [-0.2, -0.15) is 0 Å². The Balaban J connectivity index is 2.29. The van der Waals surface area contributed by atoms with E-state index in [0.29, 0.717) is 38.0 Å². The molecule has 1 aromatic rings. The lowest BCUT2D eigenvalue weighted by Gasteiger charge is -2.13. The van der Waals surface area contributed by atoms with Crippen molar-refractivity contribution in [1.82, 2.24) is 10.6 Å². The second-order valence-corrected chi connectivity index (χ2v) is 6.54. The molecule has 1 aromatic carbocycles. The number of carbonyl (C=O) groups is 1. The van der Waals surface area contributed by atoms with Crippen LogP contribution in [0.25, 0.3) is 0 Å². The minimum atomic E-state index is -0.103. The number of amides is 1. The van der Waals surface area contributed by atoms with Crippen molar-refractivity contribution >= 4 is 17.6 Å². The molecule has 3 N–H and O–H groups in total. The Kier molecular flexibility index (Phi) is 11.7. The summed E-state index contributed by atoms with van der Waals surface area (Å²) in [6, 6.07) is 7.33. The van der Waals surface area contributed by atoms with Crippen molar-refractivity contribution in [3.8, 4) is 5.75 Å². The normalized spacial score (nSPS) is 11.4. The second-order valence-electron chi connectivity index (χ2n) is 6.54. The average Bonchev–Trinajstić information content (AvgIpc) is 2.61. The van der Waals surface area contributed by atoms with Crippen LogP contribution in [0.5, 0.6) is 5.75 Å². The Morgan fingerprint density at radius 3 is 2.70 bits per heavy atom. The Morgan fingerprint density at radius 2 is 2.00 bits per heavy atom. The Morgan fingerprint density at radius 1 is 1.19 bits per heavy atom. The molecule has 7 nitrogen and oxygen atoms in total. The summed E-state index contributed by atoms with van der Waals surface area (Å²) in [5.41, 5.74) is 0.723. The SMILES string of the molecule is CCNC(=NCCOCCC(C)C)NCCOc1cccc(NC(C)=O)c1. The fourth-order valence-electron chi connectivity index (χ4n) is 2.19. The first-order chi connectivity index (χ1) is 13.0. The quantitative estimate of drug-likeness (QED) is 0.296. The van der Waals surface area contributed by atoms with Crippen LogP contribution < -0.4 is 20.7 Å². The fourth-order valence-corrected chi connectivity index (χ4v) is 2.19. The number of anilines is 1. The van der Waals surface area contributed by atoms with Gasteiger partial charge in [-0.15, -0.1) is 0 Å². The van der Waals surface area contributed by atoms with Gasteiger partial charge in [-0.05, 0) is 31.4 Å². The lowest BCUT2D eigenvalue weighted by atomic mass is 10.1. The summed E-state index contributed by atoms with van der Waals surface area (Å²) in [6.07, 6.45) is 1.07. The molecular formula is C20H34N4O3. The Hall–Kier alpha value is -2.28. The van der Waals surface area contributed by atoms with Gasteiger partial charge in [0.1, 0.15) is 12.4 Å². The third-order valence-corrected chi connectivity index (χ3v) is 3.51. The molecule has 0 heterocycles. The summed E-state index contributed by atoms with van der Waals surface area (Å²) in [5.74, 6) is 2.02. The van der Waals surface area contributed by atoms with Crippen LogP contribution in [0.2, 0.25) is 0 Å². The highest BCUT2D eigenvalue weighted by atomic mass is 16.5. The number of nitrogens with zero attached hydrogens (tertiary/aromatic N) is 1. The van der Waals surface area contributed by atoms with Crippen LogP contribution in [0, 0.1) is 5.92 Å². The average molecular weight is 379 g/mol. The van der Waals surface area contributed by atoms with E-state index in [9.17, 15) is 4.79 Å². The van der Waals surface area contributed by atoms with Crippen molar-refractivity contribution in [2.24, 2.45) is 10.9 Å². The molecule has 0 saturated heterocycles. The Labute approximate surface area is 162 Å². The number of benzene rings is 1. The second kappa shape index (κ2) is 13.9. The molecule has 0 bridgehead atoms. The van der Waals surface area contributed by atoms with E-state index in [0.717, 1.165) is 31.2 Å². The summed E-state index contributed by atoms with van der Waals surface area (Å²) in [6.45, 7) is 11.8. The van der Waals surface area contributed by atoms with Crippen LogP contribution in [-0.4, -0.2) is 51.3 Å². The molecular weight excluding hydrogens is 344 g/mol. The standard InChI is InChI=1S/C20H34N4O3/c1-5-21-20(22-10-13-26-12-9-16(2)3)23-11-14-27-19-8-6-7-18(15-19)24-17(4)25/h6-8,15-16H,5,9-14H2,1-4H3,(H,24,25)(H2,21,22,23). The zero-order chi connectivity index (χ0) is 19.9. The maximum atomic E-state index is 11.1. The van der Waals surface area contributed by atoms with Crippen LogP contribution in [0.3, 0.4) is 0 Å². The first kappa shape index (κ1) is 22.8. The summed E-state index contributed by atoms with van der Waals surface area (Å²) < 4.78 is 11.3. The largest absolute Gasteiger partial charge is 0.492 e. The molecule has 1 rings (SSSR count). The lowest BCUT2D eigenvalue weighted by molar-refractivity contribution is -0.114. The van der Waals surface area contributed by atoms with E-state index in [1.165, 1.54) is 6.92 Å². The van der Waals surface area contributed by atoms with Gasteiger partial charge >= 0.3 is 0 Å². The van der Waals surface area contributed by atoms with Crippen molar-refractivity contribution in [1.29, 1.82) is 0 Å². The van der Waals surface area contributed by atoms with E-state index in [4.69, 9.17) is 9.47 Å². The van der Waals surface area contributed by atoms with Crippen LogP contribution >= 0.6 is 0 Å². The molecule has 0 atom stereocenters. The van der Waals surface area contributed by atoms with E-state index in [1.54, 1.807) is 6.07 Å². The molecule has 0 aliphatic heterocycles. The van der Waals surface area contributed by atoms with E-state index in [2.05, 4.69) is 34.8 Å². The molecule has 1 amide bonds. The van der Waals surface area contributed by atoms with Crippen molar-refractivity contribution < 1.29 is 14.3 Å². The topological polar surface area (TPSA) is 84.0 Å². The molecule has 0 saturated carbocycles. The Bertz CT molecular complexity index is 576. The summed E-state index contributed by atoms with van der Waals surface area (Å²) in [5, 5.41) is 9.18. The number of nitrogens with one attached hydrogen (secondary N) is 3. The number of rotatable bonds is 12. The number of ether oxygens (including phenoxy) is 2. The van der Waals surface area contributed by atoms with Gasteiger partial charge in [-0.3, -0.25) is 9.79 Å². The maximum absolute atomic E-state index is 11.1. The molecule has 0 unspecified atom stereocenters. The van der Waals surface area contributed by atoms with E-state index >= 15 is 0 Å². The van der Waals surface area contributed by atoms with Crippen molar-refractivity contribution in [3.63, 3.8) is 0 Å². The molecule has 0 aromatic heterocycles. The zero-order valence-corrected chi connectivity index (χ0v) is 17.0. The minimum Gasteiger partial charge on any atom is -0.492 e. The smallest absolute Gasteiger partial charge is 0.221 e. The molecule has 27 heavy (non-hydrogen) atoms. The number of guanidine groups is 1. The van der Waals surface area contributed by atoms with E-state index < -0.39 is 0 Å². The molecule has 0 aliphatic rings. The summed E-state index contributed by atoms with van der Waals surface area (Å²) in [4.78, 5) is 15.6. The molecule has 0 aliphatic carbocycles. The highest BCUT2D eigenvalue weighted by Crippen LogP contribution is 2.16. The van der Waals surface area contributed by atoms with Crippen LogP contribution in [0.15, 0.2) is 29.3 Å². The highest BCUT2D eigenvalue weighted by molar-refractivity contribution is 5.88. The van der Waals surface area contributed by atoms with Gasteiger partial charge in [0, 0.05) is 31.8 Å². The molecule has 0 fully saturated rings. The molecule has 0 spiro atoms. The van der Waals surface area contributed by atoms with Crippen LogP contribution in [-0.2, 0) is 9.53 Å². The molecule has 152 valence electrons. The van der Waals surface area contributed by atoms with E-state index in [1.807, 2.05) is 25.1 Å². The summed E-state index contributed by atoms with van der Waals surface area (Å²) in [7, 11) is 0. The third-order valence-electron chi connectivity index (χ3n) is 3.51. The predicted octanol–water partition coefficient (Wildman–Crippen LogP) is 2.64. The zero-order valence-electron chi connectivity index (χ0n) is 17.0. The van der Waals surface area contributed by atoms with E-state index in [-0.39, 0.29) is 5.91 Å². The number of aliphatic imine (C=N–C) groups is 1. The first-order valence-corrected chi connectivity index (χ1v) is 9.61. The van der Waals surface area contributed by atoms with Gasteiger partial charge in [0.25, 0.3) is 0 Å². The first-order valence-electron chi connectivity index (χ1n) is 9.61. The highest BCUT2D eigenvalue weighted by Gasteiger charge is 2.00. The number of hydrogen-bond donors (Lipinski definition) is 3. The van der Waals surface area contributed by atoms with Gasteiger partial charge in [0.15, 0.2) is 5.96 Å². The minimum absolute atomic E-state index is 0.103. The third kappa shape index (κ3) is 11.9. The summed E-state index contributed by atoms with van der Waals surface area (Å²) >= 11 is 0. The van der Waals surface area contributed by atoms with Gasteiger partial charge in [-0.1, -0.05) is 19.9 Å². The van der Waals surface area contributed by atoms with Gasteiger partial charge in [-0.25, -0.2) is 0 Å². The van der Waals surface area contributed by atoms with Crippen LogP contribution in [0.1, 0.15) is 34.1 Å². The molecule has 0 radical (unpaired) electrons. The number of carbonyl (C=O) groups excluding carboxylic acids is 1. The van der Waals surface area contributed by atoms with Crippen LogP contribution in [0.4, 0.5) is 5.69 Å².